The molecule has 2 aromatic carbocycles. The maximum atomic E-state index is 12.5. The lowest BCUT2D eigenvalue weighted by atomic mass is 9.95. The van der Waals surface area contributed by atoms with E-state index in [0.717, 1.165) is 24.8 Å². The molecule has 0 saturated heterocycles. The molecule has 0 bridgehead atoms. The fourth-order valence-corrected chi connectivity index (χ4v) is 2.57. The Kier molecular flexibility index (Phi) is 7.20. The molecule has 1 amide bonds. The first-order valence-electron chi connectivity index (χ1n) is 8.78. The molecule has 2 aromatic rings. The summed E-state index contributed by atoms with van der Waals surface area (Å²) >= 11 is 0. The zero-order chi connectivity index (χ0) is 18.1. The van der Waals surface area contributed by atoms with Crippen molar-refractivity contribution in [1.29, 1.82) is 0 Å². The van der Waals surface area contributed by atoms with Crippen LogP contribution in [0.15, 0.2) is 54.6 Å². The number of carbonyl (C=O) groups excluding carboxylic acids is 2. The van der Waals surface area contributed by atoms with E-state index in [9.17, 15) is 9.59 Å². The Balaban J connectivity index is 1.98. The standard InChI is InChI=1S/C21H25NO3/c1-3-5-15-25-21(24)17-11-13-18(14-12-17)22-20(23)19(4-2)16-9-7-6-8-10-16/h6-14,19H,3-5,15H2,1-2H3,(H,22,23)/t19-/m0/s1. The second-order valence-corrected chi connectivity index (χ2v) is 5.93. The number of unbranched alkanes of at least 4 members (excludes halogenated alkanes) is 1. The first kappa shape index (κ1) is 18.7. The Morgan fingerprint density at radius 3 is 2.28 bits per heavy atom. The van der Waals surface area contributed by atoms with E-state index in [1.165, 1.54) is 0 Å². The molecule has 0 aromatic heterocycles. The molecule has 4 heteroatoms. The smallest absolute Gasteiger partial charge is 0.338 e. The van der Waals surface area contributed by atoms with Crippen molar-refractivity contribution >= 4 is 17.6 Å². The molecule has 0 fully saturated rings. The summed E-state index contributed by atoms with van der Waals surface area (Å²) in [5, 5.41) is 2.92. The van der Waals surface area contributed by atoms with Gasteiger partial charge in [0.25, 0.3) is 0 Å². The Hall–Kier alpha value is -2.62. The summed E-state index contributed by atoms with van der Waals surface area (Å²) in [5.41, 5.74) is 2.16. The van der Waals surface area contributed by atoms with Gasteiger partial charge in [0.1, 0.15) is 0 Å². The van der Waals surface area contributed by atoms with E-state index in [2.05, 4.69) is 5.32 Å². The van der Waals surface area contributed by atoms with Gasteiger partial charge in [-0.15, -0.1) is 0 Å². The van der Waals surface area contributed by atoms with E-state index in [4.69, 9.17) is 4.74 Å². The third-order valence-corrected chi connectivity index (χ3v) is 4.05. The first-order valence-corrected chi connectivity index (χ1v) is 8.78. The summed E-state index contributed by atoms with van der Waals surface area (Å²) in [5.74, 6) is -0.575. The third-order valence-electron chi connectivity index (χ3n) is 4.05. The van der Waals surface area contributed by atoms with E-state index in [1.807, 2.05) is 44.2 Å². The molecule has 0 aliphatic heterocycles. The van der Waals surface area contributed by atoms with Crippen LogP contribution in [-0.4, -0.2) is 18.5 Å². The molecule has 0 unspecified atom stereocenters. The highest BCUT2D eigenvalue weighted by atomic mass is 16.5. The Morgan fingerprint density at radius 2 is 1.68 bits per heavy atom. The number of nitrogens with one attached hydrogen (secondary N) is 1. The van der Waals surface area contributed by atoms with E-state index >= 15 is 0 Å². The number of hydrogen-bond acceptors (Lipinski definition) is 3. The van der Waals surface area contributed by atoms with Crippen LogP contribution in [0.4, 0.5) is 5.69 Å². The largest absolute Gasteiger partial charge is 0.462 e. The fraction of sp³-hybridized carbons (Fsp3) is 0.333. The zero-order valence-electron chi connectivity index (χ0n) is 14.8. The molecule has 1 atom stereocenters. The van der Waals surface area contributed by atoms with Crippen LogP contribution < -0.4 is 5.32 Å². The number of esters is 1. The average molecular weight is 339 g/mol. The minimum Gasteiger partial charge on any atom is -0.462 e. The molecule has 0 radical (unpaired) electrons. The molecule has 0 heterocycles. The van der Waals surface area contributed by atoms with Gasteiger partial charge in [0.05, 0.1) is 18.1 Å². The van der Waals surface area contributed by atoms with E-state index < -0.39 is 0 Å². The number of carbonyl (C=O) groups is 2. The SMILES string of the molecule is CCCCOC(=O)c1ccc(NC(=O)[C@@H](CC)c2ccccc2)cc1. The minimum atomic E-state index is -0.331. The summed E-state index contributed by atoms with van der Waals surface area (Å²) in [6.45, 7) is 4.47. The highest BCUT2D eigenvalue weighted by Crippen LogP contribution is 2.21. The van der Waals surface area contributed by atoms with Crippen molar-refractivity contribution < 1.29 is 14.3 Å². The Labute approximate surface area is 149 Å². The van der Waals surface area contributed by atoms with Gasteiger partial charge < -0.3 is 10.1 Å². The van der Waals surface area contributed by atoms with Gasteiger partial charge in [-0.05, 0) is 42.7 Å². The molecule has 1 N–H and O–H groups in total. The van der Waals surface area contributed by atoms with Gasteiger partial charge in [-0.25, -0.2) is 4.79 Å². The molecule has 2 rings (SSSR count). The van der Waals surface area contributed by atoms with Crippen LogP contribution in [0, 0.1) is 0 Å². The quantitative estimate of drug-likeness (QED) is 0.556. The first-order chi connectivity index (χ1) is 12.2. The Bertz CT molecular complexity index is 680. The third kappa shape index (κ3) is 5.45. The number of rotatable bonds is 8. The summed E-state index contributed by atoms with van der Waals surface area (Å²) in [7, 11) is 0. The molecule has 0 aliphatic carbocycles. The molecule has 0 saturated carbocycles. The monoisotopic (exact) mass is 339 g/mol. The van der Waals surface area contributed by atoms with Crippen LogP contribution in [0.25, 0.3) is 0 Å². The topological polar surface area (TPSA) is 55.4 Å². The Morgan fingerprint density at radius 1 is 1.00 bits per heavy atom. The molecular weight excluding hydrogens is 314 g/mol. The maximum absolute atomic E-state index is 12.5. The van der Waals surface area contributed by atoms with Crippen molar-refractivity contribution in [2.45, 2.75) is 39.0 Å². The highest BCUT2D eigenvalue weighted by Gasteiger charge is 2.18. The van der Waals surface area contributed by atoms with Crippen molar-refractivity contribution in [3.8, 4) is 0 Å². The minimum absolute atomic E-state index is 0.0491. The summed E-state index contributed by atoms with van der Waals surface area (Å²) in [6, 6.07) is 16.5. The van der Waals surface area contributed by atoms with Gasteiger partial charge in [-0.2, -0.15) is 0 Å². The predicted molar refractivity (Wildman–Crippen MR) is 99.7 cm³/mol. The van der Waals surface area contributed by atoms with Crippen LogP contribution in [-0.2, 0) is 9.53 Å². The van der Waals surface area contributed by atoms with Crippen LogP contribution in [0.3, 0.4) is 0 Å². The lowest BCUT2D eigenvalue weighted by Crippen LogP contribution is -2.20. The normalized spacial score (nSPS) is 11.6. The molecule has 132 valence electrons. The zero-order valence-corrected chi connectivity index (χ0v) is 14.8. The van der Waals surface area contributed by atoms with Gasteiger partial charge in [0, 0.05) is 5.69 Å². The van der Waals surface area contributed by atoms with Gasteiger partial charge >= 0.3 is 5.97 Å². The molecule has 4 nitrogen and oxygen atoms in total. The summed E-state index contributed by atoms with van der Waals surface area (Å²) in [4.78, 5) is 24.4. The lowest BCUT2D eigenvalue weighted by Gasteiger charge is -2.15. The van der Waals surface area contributed by atoms with E-state index in [-0.39, 0.29) is 17.8 Å². The van der Waals surface area contributed by atoms with Gasteiger partial charge in [0.15, 0.2) is 0 Å². The number of amides is 1. The van der Waals surface area contributed by atoms with Crippen molar-refractivity contribution in [1.82, 2.24) is 0 Å². The molecule has 25 heavy (non-hydrogen) atoms. The second-order valence-electron chi connectivity index (χ2n) is 5.93. The van der Waals surface area contributed by atoms with Crippen LogP contribution in [0.1, 0.15) is 54.9 Å². The van der Waals surface area contributed by atoms with Crippen molar-refractivity contribution in [2.24, 2.45) is 0 Å². The van der Waals surface area contributed by atoms with Crippen LogP contribution >= 0.6 is 0 Å². The van der Waals surface area contributed by atoms with Gasteiger partial charge in [0.2, 0.25) is 5.91 Å². The molecular formula is C21H25NO3. The second kappa shape index (κ2) is 9.62. The molecule has 0 spiro atoms. The average Bonchev–Trinajstić information content (AvgIpc) is 2.64. The number of benzene rings is 2. The van der Waals surface area contributed by atoms with Crippen LogP contribution in [0.5, 0.6) is 0 Å². The van der Waals surface area contributed by atoms with Gasteiger partial charge in [-0.1, -0.05) is 50.6 Å². The van der Waals surface area contributed by atoms with Crippen molar-refractivity contribution in [3.05, 3.63) is 65.7 Å². The van der Waals surface area contributed by atoms with E-state index in [1.54, 1.807) is 24.3 Å². The fourth-order valence-electron chi connectivity index (χ4n) is 2.57. The number of hydrogen-bond donors (Lipinski definition) is 1. The van der Waals surface area contributed by atoms with Crippen molar-refractivity contribution in [3.63, 3.8) is 0 Å². The summed E-state index contributed by atoms with van der Waals surface area (Å²) < 4.78 is 5.18. The molecule has 0 aliphatic rings. The van der Waals surface area contributed by atoms with Crippen molar-refractivity contribution in [2.75, 3.05) is 11.9 Å². The van der Waals surface area contributed by atoms with E-state index in [0.29, 0.717) is 17.9 Å². The predicted octanol–water partition coefficient (Wildman–Crippen LogP) is 4.78. The summed E-state index contributed by atoms with van der Waals surface area (Å²) in [6.07, 6.45) is 2.56. The van der Waals surface area contributed by atoms with Gasteiger partial charge in [-0.3, -0.25) is 4.79 Å². The lowest BCUT2D eigenvalue weighted by molar-refractivity contribution is -0.117. The highest BCUT2D eigenvalue weighted by molar-refractivity contribution is 5.96. The maximum Gasteiger partial charge on any atom is 0.338 e. The number of anilines is 1. The van der Waals surface area contributed by atoms with Crippen LogP contribution in [0.2, 0.25) is 0 Å². The number of ether oxygens (including phenoxy) is 1.